The third-order valence-electron chi connectivity index (χ3n) is 2.84. The molecule has 1 saturated heterocycles. The fraction of sp³-hybridized carbons (Fsp3) is 0.889. The molecule has 0 aromatic carbocycles. The lowest BCUT2D eigenvalue weighted by Gasteiger charge is -2.34. The van der Waals surface area contributed by atoms with Crippen molar-refractivity contribution < 1.29 is 13.2 Å². The van der Waals surface area contributed by atoms with Gasteiger partial charge in [0.25, 0.3) is 0 Å². The number of hydrogen-bond acceptors (Lipinski definition) is 4. The highest BCUT2D eigenvalue weighted by Gasteiger charge is 2.28. The molecule has 17 heavy (non-hydrogen) atoms. The van der Waals surface area contributed by atoms with Crippen LogP contribution in [0.15, 0.2) is 0 Å². The molecule has 0 bridgehead atoms. The Morgan fingerprint density at radius 3 is 2.65 bits per heavy atom. The standard InChI is InChI=1S/C9H19N3O3S.ClH/c1-11-16(14,15)7-9(13)12-5-3-2-4-8(12)6-10;/h8,11H,2-7,10H2,1H3;1H. The van der Waals surface area contributed by atoms with Crippen molar-refractivity contribution in [1.29, 1.82) is 0 Å². The van der Waals surface area contributed by atoms with E-state index >= 15 is 0 Å². The Bertz CT molecular complexity index is 347. The average Bonchev–Trinajstić information content (AvgIpc) is 2.28. The largest absolute Gasteiger partial charge is 0.338 e. The topological polar surface area (TPSA) is 92.5 Å². The van der Waals surface area contributed by atoms with Gasteiger partial charge in [0.15, 0.2) is 0 Å². The summed E-state index contributed by atoms with van der Waals surface area (Å²) >= 11 is 0. The molecule has 1 aliphatic rings. The Kier molecular flexibility index (Phi) is 6.99. The SMILES string of the molecule is CNS(=O)(=O)CC(=O)N1CCCCC1CN.Cl. The lowest BCUT2D eigenvalue weighted by molar-refractivity contribution is -0.131. The highest BCUT2D eigenvalue weighted by Crippen LogP contribution is 2.16. The number of likely N-dealkylation sites (tertiary alicyclic amines) is 1. The molecule has 0 aromatic rings. The summed E-state index contributed by atoms with van der Waals surface area (Å²) in [6, 6.07) is -0.00620. The molecular weight excluding hydrogens is 266 g/mol. The number of piperidine rings is 1. The van der Waals surface area contributed by atoms with E-state index in [9.17, 15) is 13.2 Å². The Morgan fingerprint density at radius 2 is 2.12 bits per heavy atom. The molecule has 0 spiro atoms. The predicted octanol–water partition coefficient (Wildman–Crippen LogP) is -0.703. The minimum atomic E-state index is -3.48. The molecule has 3 N–H and O–H groups in total. The van der Waals surface area contributed by atoms with Crippen LogP contribution in [0.4, 0.5) is 0 Å². The van der Waals surface area contributed by atoms with Gasteiger partial charge in [0.1, 0.15) is 5.75 Å². The first kappa shape index (κ1) is 16.6. The van der Waals surface area contributed by atoms with Crippen LogP contribution in [0, 0.1) is 0 Å². The second kappa shape index (κ2) is 7.15. The summed E-state index contributed by atoms with van der Waals surface area (Å²) in [5.41, 5.74) is 5.57. The van der Waals surface area contributed by atoms with Gasteiger partial charge < -0.3 is 10.6 Å². The van der Waals surface area contributed by atoms with E-state index in [2.05, 4.69) is 4.72 Å². The van der Waals surface area contributed by atoms with E-state index in [0.717, 1.165) is 19.3 Å². The Balaban J connectivity index is 0.00000256. The monoisotopic (exact) mass is 285 g/mol. The first-order valence-corrected chi connectivity index (χ1v) is 7.06. The van der Waals surface area contributed by atoms with Gasteiger partial charge in [-0.1, -0.05) is 0 Å². The number of halogens is 1. The maximum atomic E-state index is 11.8. The van der Waals surface area contributed by atoms with Gasteiger partial charge >= 0.3 is 0 Å². The van der Waals surface area contributed by atoms with Crippen LogP contribution in [0.5, 0.6) is 0 Å². The van der Waals surface area contributed by atoms with Crippen molar-refractivity contribution in [3.63, 3.8) is 0 Å². The number of amides is 1. The van der Waals surface area contributed by atoms with Crippen LogP contribution in [0.25, 0.3) is 0 Å². The minimum Gasteiger partial charge on any atom is -0.338 e. The molecule has 8 heteroatoms. The van der Waals surface area contributed by atoms with Crippen molar-refractivity contribution in [2.45, 2.75) is 25.3 Å². The summed E-state index contributed by atoms with van der Waals surface area (Å²) < 4.78 is 24.7. The molecule has 1 amide bonds. The van der Waals surface area contributed by atoms with Crippen LogP contribution >= 0.6 is 12.4 Å². The summed E-state index contributed by atoms with van der Waals surface area (Å²) in [7, 11) is -2.18. The summed E-state index contributed by atoms with van der Waals surface area (Å²) in [6.07, 6.45) is 2.83. The third kappa shape index (κ3) is 4.79. The molecule has 102 valence electrons. The van der Waals surface area contributed by atoms with Crippen LogP contribution in [-0.4, -0.2) is 51.2 Å². The first-order chi connectivity index (χ1) is 7.50. The Labute approximate surface area is 108 Å². The Hall–Kier alpha value is -0.370. The van der Waals surface area contributed by atoms with Crippen LogP contribution in [0.3, 0.4) is 0 Å². The van der Waals surface area contributed by atoms with Gasteiger partial charge in [0.05, 0.1) is 0 Å². The second-order valence-corrected chi connectivity index (χ2v) is 5.86. The fourth-order valence-corrected chi connectivity index (χ4v) is 2.53. The Morgan fingerprint density at radius 1 is 1.47 bits per heavy atom. The van der Waals surface area contributed by atoms with Gasteiger partial charge in [0.2, 0.25) is 15.9 Å². The van der Waals surface area contributed by atoms with Crippen LogP contribution in [-0.2, 0) is 14.8 Å². The maximum Gasteiger partial charge on any atom is 0.239 e. The smallest absolute Gasteiger partial charge is 0.239 e. The number of nitrogens with two attached hydrogens (primary N) is 1. The molecule has 0 aromatic heterocycles. The van der Waals surface area contributed by atoms with Gasteiger partial charge in [0, 0.05) is 19.1 Å². The molecule has 1 atom stereocenters. The summed E-state index contributed by atoms with van der Waals surface area (Å²) in [5.74, 6) is -0.843. The number of carbonyl (C=O) groups excluding carboxylic acids is 1. The lowest BCUT2D eigenvalue weighted by Crippen LogP contribution is -2.50. The number of hydrogen-bond donors (Lipinski definition) is 2. The van der Waals surface area contributed by atoms with Gasteiger partial charge in [-0.2, -0.15) is 0 Å². The van der Waals surface area contributed by atoms with Crippen molar-refractivity contribution in [2.24, 2.45) is 5.73 Å². The maximum absolute atomic E-state index is 11.8. The summed E-state index contributed by atoms with van der Waals surface area (Å²) in [4.78, 5) is 13.4. The van der Waals surface area contributed by atoms with E-state index in [1.165, 1.54) is 7.05 Å². The molecule has 1 heterocycles. The molecule has 0 saturated carbocycles. The van der Waals surface area contributed by atoms with Gasteiger partial charge in [-0.05, 0) is 26.3 Å². The zero-order valence-corrected chi connectivity index (χ0v) is 11.5. The number of rotatable bonds is 4. The minimum absolute atomic E-state index is 0. The van der Waals surface area contributed by atoms with E-state index in [0.29, 0.717) is 13.1 Å². The van der Waals surface area contributed by atoms with Crippen LogP contribution in [0.2, 0.25) is 0 Å². The first-order valence-electron chi connectivity index (χ1n) is 5.41. The van der Waals surface area contributed by atoms with Gasteiger partial charge in [-0.3, -0.25) is 4.79 Å². The van der Waals surface area contributed by atoms with E-state index in [1.54, 1.807) is 4.90 Å². The van der Waals surface area contributed by atoms with Crippen LogP contribution in [0.1, 0.15) is 19.3 Å². The fourth-order valence-electron chi connectivity index (χ4n) is 1.89. The second-order valence-electron chi connectivity index (χ2n) is 3.94. The van der Waals surface area contributed by atoms with E-state index in [-0.39, 0.29) is 24.4 Å². The molecule has 1 fully saturated rings. The number of carbonyl (C=O) groups is 1. The highest BCUT2D eigenvalue weighted by atomic mass is 35.5. The zero-order valence-electron chi connectivity index (χ0n) is 9.89. The third-order valence-corrected chi connectivity index (χ3v) is 4.09. The zero-order chi connectivity index (χ0) is 12.2. The number of nitrogens with zero attached hydrogens (tertiary/aromatic N) is 1. The lowest BCUT2D eigenvalue weighted by atomic mass is 10.0. The van der Waals surface area contributed by atoms with E-state index in [4.69, 9.17) is 5.73 Å². The summed E-state index contributed by atoms with van der Waals surface area (Å²) in [6.45, 7) is 1.01. The highest BCUT2D eigenvalue weighted by molar-refractivity contribution is 7.90. The van der Waals surface area contributed by atoms with Crippen molar-refractivity contribution in [3.8, 4) is 0 Å². The quantitative estimate of drug-likeness (QED) is 0.714. The van der Waals surface area contributed by atoms with Crippen LogP contribution < -0.4 is 10.5 Å². The van der Waals surface area contributed by atoms with E-state index < -0.39 is 15.8 Å². The van der Waals surface area contributed by atoms with Gasteiger partial charge in [-0.15, -0.1) is 12.4 Å². The van der Waals surface area contributed by atoms with E-state index in [1.807, 2.05) is 0 Å². The van der Waals surface area contributed by atoms with Crippen molar-refractivity contribution in [1.82, 2.24) is 9.62 Å². The molecule has 6 nitrogen and oxygen atoms in total. The van der Waals surface area contributed by atoms with Crippen molar-refractivity contribution in [2.75, 3.05) is 25.9 Å². The predicted molar refractivity (Wildman–Crippen MR) is 68.5 cm³/mol. The number of nitrogens with one attached hydrogen (secondary N) is 1. The molecule has 1 unspecified atom stereocenters. The van der Waals surface area contributed by atoms with Crippen molar-refractivity contribution in [3.05, 3.63) is 0 Å². The molecular formula is C9H20ClN3O3S. The number of sulfonamides is 1. The molecule has 1 rings (SSSR count). The molecule has 0 radical (unpaired) electrons. The van der Waals surface area contributed by atoms with Gasteiger partial charge in [-0.25, -0.2) is 13.1 Å². The average molecular weight is 286 g/mol. The normalized spacial score (nSPS) is 20.8. The molecule has 1 aliphatic heterocycles. The van der Waals surface area contributed by atoms with Crippen molar-refractivity contribution >= 4 is 28.3 Å². The summed E-state index contributed by atoms with van der Waals surface area (Å²) in [5, 5.41) is 0. The molecule has 0 aliphatic carbocycles.